The van der Waals surface area contributed by atoms with E-state index >= 15 is 0 Å². The quantitative estimate of drug-likeness (QED) is 0.805. The van der Waals surface area contributed by atoms with E-state index in [-0.39, 0.29) is 16.5 Å². The molecule has 1 aromatic carbocycles. The molecule has 4 nitrogen and oxygen atoms in total. The van der Waals surface area contributed by atoms with Crippen LogP contribution in [-0.4, -0.2) is 30.5 Å². The van der Waals surface area contributed by atoms with Crippen LogP contribution in [0.25, 0.3) is 0 Å². The lowest BCUT2D eigenvalue weighted by Crippen LogP contribution is -2.36. The zero-order valence-corrected chi connectivity index (χ0v) is 13.7. The summed E-state index contributed by atoms with van der Waals surface area (Å²) in [6.45, 7) is 1.91. The molecule has 1 aliphatic heterocycles. The monoisotopic (exact) mass is 362 g/mol. The number of halogens is 1. The second-order valence-corrected chi connectivity index (χ2v) is 8.62. The smallest absolute Gasteiger partial charge is 0.152 e. The molecule has 0 aromatic heterocycles. The molecule has 1 fully saturated rings. The van der Waals surface area contributed by atoms with Gasteiger partial charge >= 0.3 is 0 Å². The molecular formula is C12H15BrN2O2S2. The first-order chi connectivity index (χ1) is 8.71. The van der Waals surface area contributed by atoms with Crippen molar-refractivity contribution in [2.24, 2.45) is 5.73 Å². The molecule has 0 amide bonds. The van der Waals surface area contributed by atoms with Gasteiger partial charge in [-0.3, -0.25) is 0 Å². The SMILES string of the molecule is CC1(Nc2ccc(Br)cc2C(N)=S)CCS(=O)(=O)C1. The van der Waals surface area contributed by atoms with Crippen LogP contribution < -0.4 is 11.1 Å². The van der Waals surface area contributed by atoms with Crippen molar-refractivity contribution in [2.75, 3.05) is 16.8 Å². The largest absolute Gasteiger partial charge is 0.389 e. The van der Waals surface area contributed by atoms with Gasteiger partial charge in [-0.1, -0.05) is 28.1 Å². The van der Waals surface area contributed by atoms with Crippen LogP contribution in [0.15, 0.2) is 22.7 Å². The third kappa shape index (κ3) is 3.46. The summed E-state index contributed by atoms with van der Waals surface area (Å²) < 4.78 is 24.1. The third-order valence-corrected chi connectivity index (χ3v) is 5.80. The van der Waals surface area contributed by atoms with Gasteiger partial charge in [0.15, 0.2) is 9.84 Å². The molecular weight excluding hydrogens is 348 g/mol. The van der Waals surface area contributed by atoms with Gasteiger partial charge in [-0.2, -0.15) is 0 Å². The summed E-state index contributed by atoms with van der Waals surface area (Å²) in [4.78, 5) is 0.285. The molecule has 1 aromatic rings. The van der Waals surface area contributed by atoms with Crippen LogP contribution in [0.5, 0.6) is 0 Å². The minimum Gasteiger partial charge on any atom is -0.389 e. The van der Waals surface area contributed by atoms with Crippen LogP contribution in [0.2, 0.25) is 0 Å². The zero-order valence-electron chi connectivity index (χ0n) is 10.4. The molecule has 2 rings (SSSR count). The first-order valence-electron chi connectivity index (χ1n) is 5.79. The predicted octanol–water partition coefficient (Wildman–Crippen LogP) is 2.07. The maximum atomic E-state index is 11.6. The highest BCUT2D eigenvalue weighted by atomic mass is 79.9. The van der Waals surface area contributed by atoms with Crippen molar-refractivity contribution in [2.45, 2.75) is 18.9 Å². The van der Waals surface area contributed by atoms with Crippen LogP contribution in [0.1, 0.15) is 18.9 Å². The van der Waals surface area contributed by atoms with Gasteiger partial charge in [0.2, 0.25) is 0 Å². The van der Waals surface area contributed by atoms with Gasteiger partial charge in [-0.15, -0.1) is 0 Å². The molecule has 3 N–H and O–H groups in total. The molecule has 7 heteroatoms. The van der Waals surface area contributed by atoms with E-state index in [0.29, 0.717) is 6.42 Å². The number of nitrogens with two attached hydrogens (primary N) is 1. The number of sulfone groups is 1. The van der Waals surface area contributed by atoms with Crippen LogP contribution >= 0.6 is 28.1 Å². The lowest BCUT2D eigenvalue weighted by atomic mass is 10.0. The summed E-state index contributed by atoms with van der Waals surface area (Å²) in [5, 5.41) is 3.28. The average molecular weight is 363 g/mol. The van der Waals surface area contributed by atoms with Gasteiger partial charge in [0.1, 0.15) is 4.99 Å². The van der Waals surface area contributed by atoms with Gasteiger partial charge in [-0.05, 0) is 31.5 Å². The molecule has 1 atom stereocenters. The Labute approximate surface area is 126 Å². The number of anilines is 1. The molecule has 0 spiro atoms. The second-order valence-electron chi connectivity index (χ2n) is 5.08. The van der Waals surface area contributed by atoms with Gasteiger partial charge in [-0.25, -0.2) is 8.42 Å². The van der Waals surface area contributed by atoms with Gasteiger partial charge in [0.25, 0.3) is 0 Å². The Morgan fingerprint density at radius 1 is 1.53 bits per heavy atom. The van der Waals surface area contributed by atoms with E-state index in [1.807, 2.05) is 25.1 Å². The van der Waals surface area contributed by atoms with Gasteiger partial charge in [0.05, 0.1) is 11.5 Å². The van der Waals surface area contributed by atoms with Gasteiger partial charge < -0.3 is 11.1 Å². The average Bonchev–Trinajstić information content (AvgIpc) is 2.55. The summed E-state index contributed by atoms with van der Waals surface area (Å²) in [7, 11) is -2.95. The Morgan fingerprint density at radius 3 is 2.74 bits per heavy atom. The van der Waals surface area contributed by atoms with Crippen molar-refractivity contribution in [1.82, 2.24) is 0 Å². The Bertz CT molecular complexity index is 631. The second kappa shape index (κ2) is 5.03. The van der Waals surface area contributed by atoms with E-state index in [2.05, 4.69) is 21.2 Å². The van der Waals surface area contributed by atoms with Crippen molar-refractivity contribution in [1.29, 1.82) is 0 Å². The number of nitrogens with one attached hydrogen (secondary N) is 1. The summed E-state index contributed by atoms with van der Waals surface area (Å²) in [5.41, 5.74) is 6.73. The fraction of sp³-hybridized carbons (Fsp3) is 0.417. The highest BCUT2D eigenvalue weighted by Gasteiger charge is 2.38. The maximum Gasteiger partial charge on any atom is 0.152 e. The van der Waals surface area contributed by atoms with Crippen molar-refractivity contribution in [3.8, 4) is 0 Å². The van der Waals surface area contributed by atoms with E-state index < -0.39 is 15.4 Å². The number of rotatable bonds is 3. The fourth-order valence-corrected chi connectivity index (χ4v) is 4.89. The van der Waals surface area contributed by atoms with Crippen LogP contribution in [0, 0.1) is 0 Å². The van der Waals surface area contributed by atoms with Crippen molar-refractivity contribution in [3.63, 3.8) is 0 Å². The van der Waals surface area contributed by atoms with Crippen molar-refractivity contribution < 1.29 is 8.42 Å². The molecule has 1 unspecified atom stereocenters. The molecule has 0 bridgehead atoms. The first kappa shape index (κ1) is 14.7. The van der Waals surface area contributed by atoms with Crippen LogP contribution in [-0.2, 0) is 9.84 Å². The Hall–Kier alpha value is -0.660. The fourth-order valence-electron chi connectivity index (χ4n) is 2.26. The predicted molar refractivity (Wildman–Crippen MR) is 85.3 cm³/mol. The van der Waals surface area contributed by atoms with Gasteiger partial charge in [0, 0.05) is 21.3 Å². The minimum atomic E-state index is -2.95. The molecule has 1 aliphatic rings. The number of hydrogen-bond donors (Lipinski definition) is 2. The number of thiocarbonyl (C=S) groups is 1. The van der Waals surface area contributed by atoms with E-state index in [0.717, 1.165) is 15.7 Å². The third-order valence-electron chi connectivity index (χ3n) is 3.19. The summed E-state index contributed by atoms with van der Waals surface area (Å²) >= 11 is 8.40. The standard InChI is InChI=1S/C12H15BrN2O2S2/c1-12(4-5-19(16,17)7-12)15-10-3-2-8(13)6-9(10)11(14)18/h2-3,6,15H,4-5,7H2,1H3,(H2,14,18). The summed E-state index contributed by atoms with van der Waals surface area (Å²) in [5.74, 6) is 0.349. The normalized spacial score (nSPS) is 25.2. The first-order valence-corrected chi connectivity index (χ1v) is 8.81. The maximum absolute atomic E-state index is 11.6. The highest BCUT2D eigenvalue weighted by molar-refractivity contribution is 9.10. The lowest BCUT2D eigenvalue weighted by molar-refractivity contribution is 0.574. The molecule has 0 radical (unpaired) electrons. The number of benzene rings is 1. The van der Waals surface area contributed by atoms with Crippen molar-refractivity contribution in [3.05, 3.63) is 28.2 Å². The van der Waals surface area contributed by atoms with E-state index in [4.69, 9.17) is 18.0 Å². The zero-order chi connectivity index (χ0) is 14.3. The molecule has 0 aliphatic carbocycles. The lowest BCUT2D eigenvalue weighted by Gasteiger charge is -2.26. The molecule has 0 saturated carbocycles. The number of hydrogen-bond acceptors (Lipinski definition) is 4. The summed E-state index contributed by atoms with van der Waals surface area (Å²) in [6.07, 6.45) is 0.585. The molecule has 1 heterocycles. The van der Waals surface area contributed by atoms with Crippen LogP contribution in [0.4, 0.5) is 5.69 Å². The highest BCUT2D eigenvalue weighted by Crippen LogP contribution is 2.30. The van der Waals surface area contributed by atoms with E-state index in [1.165, 1.54) is 0 Å². The Kier molecular flexibility index (Phi) is 3.90. The Morgan fingerprint density at radius 2 is 2.21 bits per heavy atom. The minimum absolute atomic E-state index is 0.132. The topological polar surface area (TPSA) is 72.2 Å². The van der Waals surface area contributed by atoms with E-state index in [9.17, 15) is 8.42 Å². The van der Waals surface area contributed by atoms with Crippen molar-refractivity contribution >= 4 is 48.7 Å². The van der Waals surface area contributed by atoms with E-state index in [1.54, 1.807) is 0 Å². The Balaban J connectivity index is 2.32. The molecule has 19 heavy (non-hydrogen) atoms. The van der Waals surface area contributed by atoms with Crippen LogP contribution in [0.3, 0.4) is 0 Å². The summed E-state index contributed by atoms with van der Waals surface area (Å²) in [6, 6.07) is 5.56. The molecule has 104 valence electrons. The molecule has 1 saturated heterocycles.